The van der Waals surface area contributed by atoms with Gasteiger partial charge in [0.2, 0.25) is 0 Å². The summed E-state index contributed by atoms with van der Waals surface area (Å²) in [6, 6.07) is 9.36. The molecule has 1 saturated carbocycles. The highest BCUT2D eigenvalue weighted by molar-refractivity contribution is 5.89. The number of carbonyl (C=O) groups excluding carboxylic acids is 1. The molecule has 0 bridgehead atoms. The molecule has 4 rings (SSSR count). The van der Waals surface area contributed by atoms with Crippen molar-refractivity contribution in [3.63, 3.8) is 0 Å². The number of piperidine rings is 2. The Morgan fingerprint density at radius 1 is 0.667 bits per heavy atom. The van der Waals surface area contributed by atoms with E-state index in [0.29, 0.717) is 17.8 Å². The zero-order valence-corrected chi connectivity index (χ0v) is 24.1. The van der Waals surface area contributed by atoms with Crippen LogP contribution in [0, 0.1) is 0 Å². The maximum absolute atomic E-state index is 12.9. The van der Waals surface area contributed by atoms with Crippen molar-refractivity contribution < 1.29 is 14.3 Å². The summed E-state index contributed by atoms with van der Waals surface area (Å²) in [5.74, 6) is -0.220. The van der Waals surface area contributed by atoms with Gasteiger partial charge >= 0.3 is 5.97 Å². The SMILES string of the molecule is CC1(C)CC(OC(=O)c2ccccc2)CC(C)(C)N1N1C(C)(C)CC(OC2CCCCC2)CC1(C)C. The number of hydrogen-bond acceptors (Lipinski definition) is 5. The van der Waals surface area contributed by atoms with Gasteiger partial charge < -0.3 is 9.47 Å². The monoisotopic (exact) mass is 498 g/mol. The van der Waals surface area contributed by atoms with Crippen LogP contribution in [0.1, 0.15) is 124 Å². The zero-order chi connectivity index (χ0) is 26.4. The quantitative estimate of drug-likeness (QED) is 0.403. The largest absolute Gasteiger partial charge is 0.459 e. The predicted octanol–water partition coefficient (Wildman–Crippen LogP) is 7.15. The molecule has 36 heavy (non-hydrogen) atoms. The molecule has 2 aliphatic heterocycles. The summed E-state index contributed by atoms with van der Waals surface area (Å²) in [6.45, 7) is 18.8. The van der Waals surface area contributed by atoms with Gasteiger partial charge in [-0.25, -0.2) is 14.8 Å². The van der Waals surface area contributed by atoms with Gasteiger partial charge in [0.1, 0.15) is 6.10 Å². The van der Waals surface area contributed by atoms with Crippen LogP contribution in [0.25, 0.3) is 0 Å². The van der Waals surface area contributed by atoms with Crippen molar-refractivity contribution in [1.82, 2.24) is 10.0 Å². The number of hydrazine groups is 1. The van der Waals surface area contributed by atoms with Crippen LogP contribution in [-0.2, 0) is 9.47 Å². The lowest BCUT2D eigenvalue weighted by Gasteiger charge is -2.67. The fourth-order valence-electron chi connectivity index (χ4n) is 7.89. The number of hydrogen-bond donors (Lipinski definition) is 0. The van der Waals surface area contributed by atoms with E-state index < -0.39 is 0 Å². The minimum atomic E-state index is -0.220. The Bertz CT molecular complexity index is 866. The van der Waals surface area contributed by atoms with Crippen molar-refractivity contribution in [3.8, 4) is 0 Å². The van der Waals surface area contributed by atoms with Gasteiger partial charge in [0.15, 0.2) is 0 Å². The topological polar surface area (TPSA) is 42.0 Å². The lowest BCUT2D eigenvalue weighted by molar-refractivity contribution is -0.295. The first-order valence-electron chi connectivity index (χ1n) is 14.2. The van der Waals surface area contributed by atoms with E-state index in [1.54, 1.807) is 0 Å². The number of nitrogens with zero attached hydrogens (tertiary/aromatic N) is 2. The summed E-state index contributed by atoms with van der Waals surface area (Å²) in [4.78, 5) is 12.9. The van der Waals surface area contributed by atoms with Crippen molar-refractivity contribution in [2.75, 3.05) is 0 Å². The second-order valence-electron chi connectivity index (χ2n) is 14.1. The summed E-state index contributed by atoms with van der Waals surface area (Å²) in [6.07, 6.45) is 10.7. The summed E-state index contributed by atoms with van der Waals surface area (Å²) >= 11 is 0. The lowest BCUT2D eigenvalue weighted by atomic mass is 9.75. The third-order valence-electron chi connectivity index (χ3n) is 8.62. The first-order chi connectivity index (χ1) is 16.7. The molecule has 2 heterocycles. The predicted molar refractivity (Wildman–Crippen MR) is 146 cm³/mol. The van der Waals surface area contributed by atoms with Gasteiger partial charge in [0.05, 0.1) is 17.8 Å². The molecule has 5 nitrogen and oxygen atoms in total. The Hall–Kier alpha value is -1.43. The highest BCUT2D eigenvalue weighted by atomic mass is 16.5. The highest BCUT2D eigenvalue weighted by Gasteiger charge is 2.57. The molecule has 0 N–H and O–H groups in total. The van der Waals surface area contributed by atoms with E-state index in [-0.39, 0.29) is 34.2 Å². The van der Waals surface area contributed by atoms with Crippen LogP contribution in [0.15, 0.2) is 30.3 Å². The molecule has 2 saturated heterocycles. The third kappa shape index (κ3) is 5.84. The molecule has 3 fully saturated rings. The van der Waals surface area contributed by atoms with Gasteiger partial charge in [-0.1, -0.05) is 37.5 Å². The van der Waals surface area contributed by atoms with Crippen LogP contribution < -0.4 is 0 Å². The summed E-state index contributed by atoms with van der Waals surface area (Å²) in [5.41, 5.74) is 0.175. The zero-order valence-electron chi connectivity index (χ0n) is 24.1. The van der Waals surface area contributed by atoms with Gasteiger partial charge in [-0.2, -0.15) is 0 Å². The minimum absolute atomic E-state index is 0.0524. The van der Waals surface area contributed by atoms with Gasteiger partial charge in [-0.3, -0.25) is 0 Å². The molecular formula is C31H50N2O3. The number of carbonyl (C=O) groups is 1. The average Bonchev–Trinajstić information content (AvgIpc) is 2.75. The van der Waals surface area contributed by atoms with Crippen LogP contribution in [0.3, 0.4) is 0 Å². The Balaban J connectivity index is 1.52. The van der Waals surface area contributed by atoms with E-state index in [1.807, 2.05) is 30.3 Å². The second kappa shape index (κ2) is 10.0. The number of benzene rings is 1. The molecule has 1 aromatic rings. The van der Waals surface area contributed by atoms with Gasteiger partial charge in [-0.05, 0) is 93.2 Å². The molecule has 3 aliphatic rings. The van der Waals surface area contributed by atoms with E-state index in [1.165, 1.54) is 32.1 Å². The third-order valence-corrected chi connectivity index (χ3v) is 8.62. The fraction of sp³-hybridized carbons (Fsp3) is 0.774. The Labute approximate surface area is 219 Å². The van der Waals surface area contributed by atoms with Gasteiger partial charge in [-0.15, -0.1) is 0 Å². The lowest BCUT2D eigenvalue weighted by Crippen LogP contribution is -2.77. The van der Waals surface area contributed by atoms with Crippen molar-refractivity contribution in [2.45, 2.75) is 154 Å². The molecule has 5 heteroatoms. The van der Waals surface area contributed by atoms with Gasteiger partial charge in [0, 0.05) is 35.0 Å². The molecule has 1 aliphatic carbocycles. The van der Waals surface area contributed by atoms with E-state index in [2.05, 4.69) is 65.4 Å². The number of esters is 1. The summed E-state index contributed by atoms with van der Waals surface area (Å²) in [5, 5.41) is 5.32. The first kappa shape index (κ1) is 27.6. The molecular weight excluding hydrogens is 448 g/mol. The number of rotatable bonds is 5. The second-order valence-corrected chi connectivity index (χ2v) is 14.1. The Morgan fingerprint density at radius 2 is 1.11 bits per heavy atom. The summed E-state index contributed by atoms with van der Waals surface area (Å²) in [7, 11) is 0. The number of ether oxygens (including phenoxy) is 2. The minimum Gasteiger partial charge on any atom is -0.459 e. The van der Waals surface area contributed by atoms with Gasteiger partial charge in [0.25, 0.3) is 0 Å². The molecule has 0 atom stereocenters. The maximum atomic E-state index is 12.9. The molecule has 1 aromatic carbocycles. The first-order valence-corrected chi connectivity index (χ1v) is 14.2. The average molecular weight is 499 g/mol. The fourth-order valence-corrected chi connectivity index (χ4v) is 7.89. The van der Waals surface area contributed by atoms with Crippen molar-refractivity contribution in [1.29, 1.82) is 0 Å². The molecule has 0 radical (unpaired) electrons. The molecule has 0 amide bonds. The van der Waals surface area contributed by atoms with E-state index in [0.717, 1.165) is 25.7 Å². The molecule has 0 aromatic heterocycles. The standard InChI is InChI=1S/C31H50N2O3/c1-28(2)19-25(35-24-17-13-10-14-18-24)20-29(3,4)32(28)33-30(5,6)21-26(22-31(33,7)8)36-27(34)23-15-11-9-12-16-23/h9,11-12,15-16,24-26H,10,13-14,17-22H2,1-8H3. The van der Waals surface area contributed by atoms with Crippen LogP contribution in [0.5, 0.6) is 0 Å². The van der Waals surface area contributed by atoms with Crippen molar-refractivity contribution >= 4 is 5.97 Å². The van der Waals surface area contributed by atoms with Crippen molar-refractivity contribution in [3.05, 3.63) is 35.9 Å². The van der Waals surface area contributed by atoms with E-state index in [9.17, 15) is 4.79 Å². The molecule has 0 unspecified atom stereocenters. The van der Waals surface area contributed by atoms with E-state index in [4.69, 9.17) is 9.47 Å². The Morgan fingerprint density at radius 3 is 1.58 bits per heavy atom. The molecule has 0 spiro atoms. The van der Waals surface area contributed by atoms with Crippen molar-refractivity contribution in [2.24, 2.45) is 0 Å². The molecule has 202 valence electrons. The Kier molecular flexibility index (Phi) is 7.69. The van der Waals surface area contributed by atoms with Crippen LogP contribution in [-0.4, -0.2) is 56.5 Å². The normalized spacial score (nSPS) is 27.6. The highest BCUT2D eigenvalue weighted by Crippen LogP contribution is 2.50. The smallest absolute Gasteiger partial charge is 0.338 e. The summed E-state index contributed by atoms with van der Waals surface area (Å²) < 4.78 is 12.8. The van der Waals surface area contributed by atoms with Crippen LogP contribution in [0.4, 0.5) is 0 Å². The maximum Gasteiger partial charge on any atom is 0.338 e. The van der Waals surface area contributed by atoms with E-state index >= 15 is 0 Å². The van der Waals surface area contributed by atoms with Crippen LogP contribution in [0.2, 0.25) is 0 Å². The van der Waals surface area contributed by atoms with Crippen LogP contribution >= 0.6 is 0 Å².